The second-order valence-corrected chi connectivity index (χ2v) is 5.81. The average Bonchev–Trinajstić information content (AvgIpc) is 2.87. The zero-order valence-electron chi connectivity index (χ0n) is 10.6. The third kappa shape index (κ3) is 2.33. The van der Waals surface area contributed by atoms with E-state index in [4.69, 9.17) is 0 Å². The van der Waals surface area contributed by atoms with Gasteiger partial charge in [-0.1, -0.05) is 0 Å². The van der Waals surface area contributed by atoms with Gasteiger partial charge in [0.2, 0.25) is 0 Å². The second-order valence-electron chi connectivity index (χ2n) is 4.91. The van der Waals surface area contributed by atoms with Crippen molar-refractivity contribution in [1.82, 2.24) is 15.3 Å². The first-order valence-electron chi connectivity index (χ1n) is 6.44. The summed E-state index contributed by atoms with van der Waals surface area (Å²) in [6.45, 7) is 3.38. The highest BCUT2D eigenvalue weighted by molar-refractivity contribution is 7.16. The summed E-state index contributed by atoms with van der Waals surface area (Å²) in [5.41, 5.74) is 0. The molecule has 1 N–H and O–H groups in total. The summed E-state index contributed by atoms with van der Waals surface area (Å²) >= 11 is 1.68. The molecular weight excluding hydrogens is 244 g/mol. The van der Waals surface area contributed by atoms with Crippen LogP contribution in [0.5, 0.6) is 0 Å². The lowest BCUT2D eigenvalue weighted by atomic mass is 9.98. The van der Waals surface area contributed by atoms with Gasteiger partial charge in [-0.15, -0.1) is 11.3 Å². The van der Waals surface area contributed by atoms with Crippen LogP contribution in [0.3, 0.4) is 0 Å². The Kier molecular flexibility index (Phi) is 3.43. The summed E-state index contributed by atoms with van der Waals surface area (Å²) in [6.07, 6.45) is 4.21. The lowest BCUT2D eigenvalue weighted by Gasteiger charge is -2.28. The van der Waals surface area contributed by atoms with Crippen molar-refractivity contribution in [1.29, 1.82) is 0 Å². The monoisotopic (exact) mass is 262 g/mol. The quantitative estimate of drug-likeness (QED) is 0.920. The largest absolute Gasteiger partial charge is 0.359 e. The lowest BCUT2D eigenvalue weighted by Crippen LogP contribution is -2.34. The van der Waals surface area contributed by atoms with Crippen molar-refractivity contribution < 1.29 is 0 Å². The van der Waals surface area contributed by atoms with Gasteiger partial charge >= 0.3 is 0 Å². The summed E-state index contributed by atoms with van der Waals surface area (Å²) in [4.78, 5) is 12.1. The van der Waals surface area contributed by atoms with Crippen LogP contribution in [0.25, 0.3) is 10.2 Å². The molecule has 96 valence electrons. The average molecular weight is 262 g/mol. The molecule has 0 spiro atoms. The van der Waals surface area contributed by atoms with Crippen LogP contribution in [0.2, 0.25) is 0 Å². The SMILES string of the molecule is CN(CC1CCNCC1)c1ncnc2sccc12. The van der Waals surface area contributed by atoms with Crippen molar-refractivity contribution >= 4 is 27.4 Å². The fraction of sp³-hybridized carbons (Fsp3) is 0.538. The number of piperidine rings is 1. The van der Waals surface area contributed by atoms with Crippen LogP contribution in [-0.4, -0.2) is 36.6 Å². The van der Waals surface area contributed by atoms with Crippen molar-refractivity contribution in [2.24, 2.45) is 5.92 Å². The fourth-order valence-electron chi connectivity index (χ4n) is 2.62. The molecule has 4 nitrogen and oxygen atoms in total. The molecule has 0 aromatic carbocycles. The molecule has 1 saturated heterocycles. The van der Waals surface area contributed by atoms with Gasteiger partial charge in [-0.2, -0.15) is 0 Å². The maximum Gasteiger partial charge on any atom is 0.140 e. The third-order valence-corrected chi connectivity index (χ3v) is 4.41. The third-order valence-electron chi connectivity index (χ3n) is 3.59. The summed E-state index contributed by atoms with van der Waals surface area (Å²) in [5.74, 6) is 1.85. The standard InChI is InChI=1S/C13H18N4S/c1-17(8-10-2-5-14-6-3-10)12-11-4-7-18-13(11)16-9-15-12/h4,7,9-10,14H,2-3,5-6,8H2,1H3. The maximum absolute atomic E-state index is 4.45. The Balaban J connectivity index is 1.78. The Hall–Kier alpha value is -1.20. The summed E-state index contributed by atoms with van der Waals surface area (Å²) in [5, 5.41) is 6.67. The first-order chi connectivity index (χ1) is 8.84. The van der Waals surface area contributed by atoms with E-state index in [-0.39, 0.29) is 0 Å². The van der Waals surface area contributed by atoms with E-state index in [1.807, 2.05) is 0 Å². The Morgan fingerprint density at radius 1 is 1.39 bits per heavy atom. The molecule has 2 aromatic rings. The van der Waals surface area contributed by atoms with E-state index in [1.54, 1.807) is 17.7 Å². The number of hydrogen-bond donors (Lipinski definition) is 1. The van der Waals surface area contributed by atoms with E-state index in [9.17, 15) is 0 Å². The number of thiophene rings is 1. The number of fused-ring (bicyclic) bond motifs is 1. The maximum atomic E-state index is 4.45. The molecule has 2 aromatic heterocycles. The van der Waals surface area contributed by atoms with Crippen LogP contribution >= 0.6 is 11.3 Å². The van der Waals surface area contributed by atoms with Gasteiger partial charge in [0.1, 0.15) is 17.0 Å². The van der Waals surface area contributed by atoms with Crippen LogP contribution < -0.4 is 10.2 Å². The Morgan fingerprint density at radius 2 is 2.22 bits per heavy atom. The van der Waals surface area contributed by atoms with E-state index >= 15 is 0 Å². The van der Waals surface area contributed by atoms with E-state index in [0.29, 0.717) is 0 Å². The number of anilines is 1. The molecule has 0 unspecified atom stereocenters. The van der Waals surface area contributed by atoms with Crippen LogP contribution in [-0.2, 0) is 0 Å². The van der Waals surface area contributed by atoms with Crippen LogP contribution in [0.15, 0.2) is 17.8 Å². The summed E-state index contributed by atoms with van der Waals surface area (Å²) in [7, 11) is 2.14. The predicted octanol–water partition coefficient (Wildman–Crippen LogP) is 2.13. The van der Waals surface area contributed by atoms with Gasteiger partial charge < -0.3 is 10.2 Å². The molecule has 1 aliphatic rings. The molecule has 0 amide bonds. The molecule has 5 heteroatoms. The van der Waals surface area contributed by atoms with Gasteiger partial charge in [0.15, 0.2) is 0 Å². The van der Waals surface area contributed by atoms with Crippen LogP contribution in [0.1, 0.15) is 12.8 Å². The highest BCUT2D eigenvalue weighted by Crippen LogP contribution is 2.27. The molecular formula is C13H18N4S. The molecule has 1 aliphatic heterocycles. The van der Waals surface area contributed by atoms with Crippen molar-refractivity contribution in [3.8, 4) is 0 Å². The van der Waals surface area contributed by atoms with Crippen LogP contribution in [0.4, 0.5) is 5.82 Å². The number of nitrogens with one attached hydrogen (secondary N) is 1. The zero-order chi connectivity index (χ0) is 12.4. The van der Waals surface area contributed by atoms with Gasteiger partial charge in [-0.25, -0.2) is 9.97 Å². The first-order valence-corrected chi connectivity index (χ1v) is 7.32. The molecule has 0 aliphatic carbocycles. The van der Waals surface area contributed by atoms with Gasteiger partial charge in [-0.3, -0.25) is 0 Å². The lowest BCUT2D eigenvalue weighted by molar-refractivity contribution is 0.377. The van der Waals surface area contributed by atoms with Crippen molar-refractivity contribution in [3.05, 3.63) is 17.8 Å². The molecule has 0 atom stereocenters. The van der Waals surface area contributed by atoms with Gasteiger partial charge in [0.25, 0.3) is 0 Å². The Labute approximate surface area is 111 Å². The minimum atomic E-state index is 0.778. The summed E-state index contributed by atoms with van der Waals surface area (Å²) < 4.78 is 0. The highest BCUT2D eigenvalue weighted by Gasteiger charge is 2.17. The minimum Gasteiger partial charge on any atom is -0.359 e. The van der Waals surface area contributed by atoms with Crippen molar-refractivity contribution in [2.45, 2.75) is 12.8 Å². The fourth-order valence-corrected chi connectivity index (χ4v) is 3.35. The number of nitrogens with zero attached hydrogens (tertiary/aromatic N) is 3. The van der Waals surface area contributed by atoms with Crippen molar-refractivity contribution in [3.63, 3.8) is 0 Å². The minimum absolute atomic E-state index is 0.778. The van der Waals surface area contributed by atoms with Gasteiger partial charge in [0.05, 0.1) is 5.39 Å². The van der Waals surface area contributed by atoms with E-state index in [2.05, 4.69) is 38.7 Å². The molecule has 3 heterocycles. The molecule has 3 rings (SSSR count). The second kappa shape index (κ2) is 5.20. The molecule has 0 radical (unpaired) electrons. The van der Waals surface area contributed by atoms with E-state index in [1.165, 1.54) is 18.2 Å². The van der Waals surface area contributed by atoms with Crippen LogP contribution in [0, 0.1) is 5.92 Å². The number of rotatable bonds is 3. The molecule has 0 bridgehead atoms. The number of aromatic nitrogens is 2. The van der Waals surface area contributed by atoms with Crippen molar-refractivity contribution in [2.75, 3.05) is 31.6 Å². The summed E-state index contributed by atoms with van der Waals surface area (Å²) in [6, 6.07) is 2.12. The molecule has 1 fully saturated rings. The Morgan fingerprint density at radius 3 is 3.06 bits per heavy atom. The highest BCUT2D eigenvalue weighted by atomic mass is 32.1. The van der Waals surface area contributed by atoms with Gasteiger partial charge in [-0.05, 0) is 43.3 Å². The number of hydrogen-bond acceptors (Lipinski definition) is 5. The zero-order valence-corrected chi connectivity index (χ0v) is 11.4. The molecule has 0 saturated carbocycles. The normalized spacial score (nSPS) is 17.2. The predicted molar refractivity (Wildman–Crippen MR) is 76.3 cm³/mol. The smallest absolute Gasteiger partial charge is 0.140 e. The van der Waals surface area contributed by atoms with E-state index < -0.39 is 0 Å². The Bertz CT molecular complexity index is 518. The first kappa shape index (κ1) is 11.9. The van der Waals surface area contributed by atoms with E-state index in [0.717, 1.165) is 36.2 Å². The topological polar surface area (TPSA) is 41.0 Å². The molecule has 18 heavy (non-hydrogen) atoms. The van der Waals surface area contributed by atoms with Gasteiger partial charge in [0, 0.05) is 13.6 Å².